The fraction of sp³-hybridized carbons (Fsp3) is 0.320. The molecule has 0 bridgehead atoms. The van der Waals surface area contributed by atoms with E-state index in [2.05, 4.69) is 15.0 Å². The number of carbonyl (C=O) groups is 2. The Bertz CT molecular complexity index is 1320. The van der Waals surface area contributed by atoms with Gasteiger partial charge in [0.1, 0.15) is 6.04 Å². The molecule has 2 N–H and O–H groups in total. The van der Waals surface area contributed by atoms with Crippen LogP contribution in [0.5, 0.6) is 0 Å². The second-order valence-electron chi connectivity index (χ2n) is 8.53. The van der Waals surface area contributed by atoms with E-state index in [1.165, 1.54) is 6.07 Å². The second kappa shape index (κ2) is 11.2. The van der Waals surface area contributed by atoms with E-state index in [9.17, 15) is 18.0 Å². The zero-order valence-electron chi connectivity index (χ0n) is 19.1. The van der Waals surface area contributed by atoms with Crippen molar-refractivity contribution in [3.8, 4) is 0 Å². The Kier molecular flexibility index (Phi) is 8.00. The highest BCUT2D eigenvalue weighted by Crippen LogP contribution is 2.23. The van der Waals surface area contributed by atoms with E-state index >= 15 is 0 Å². The summed E-state index contributed by atoms with van der Waals surface area (Å²) in [5.41, 5.74) is 0.984. The lowest BCUT2D eigenvalue weighted by atomic mass is 10.1. The number of likely N-dealkylation sites (tertiary alicyclic amines) is 1. The molecule has 3 aromatic rings. The van der Waals surface area contributed by atoms with Gasteiger partial charge >= 0.3 is 0 Å². The van der Waals surface area contributed by atoms with Gasteiger partial charge in [0.25, 0.3) is 0 Å². The highest BCUT2D eigenvalue weighted by molar-refractivity contribution is 7.89. The number of carbonyl (C=O) groups excluding carboxylic acids is 2. The third kappa shape index (κ3) is 6.56. The maximum atomic E-state index is 12.9. The largest absolute Gasteiger partial charge is 0.352 e. The Morgan fingerprint density at radius 1 is 1.06 bits per heavy atom. The maximum Gasteiger partial charge on any atom is 0.241 e. The van der Waals surface area contributed by atoms with Crippen LogP contribution in [0.3, 0.4) is 0 Å². The van der Waals surface area contributed by atoms with Crippen molar-refractivity contribution in [1.82, 2.24) is 19.9 Å². The lowest BCUT2D eigenvalue weighted by Crippen LogP contribution is -2.41. The average molecular weight is 515 g/mol. The summed E-state index contributed by atoms with van der Waals surface area (Å²) in [5.74, 6) is -0.277. The van der Waals surface area contributed by atoms with Crippen molar-refractivity contribution >= 4 is 44.2 Å². The SMILES string of the molecule is O=C(CCCCN1CCC(NS(=O)(=O)c2ccc3cc(Cl)ccc3c2)C1=O)NCc1ccncc1. The minimum atomic E-state index is -3.85. The Morgan fingerprint density at radius 3 is 2.60 bits per heavy atom. The van der Waals surface area contributed by atoms with Crippen molar-refractivity contribution in [3.05, 3.63) is 71.5 Å². The molecule has 0 spiro atoms. The smallest absolute Gasteiger partial charge is 0.241 e. The number of unbranched alkanes of at least 4 members (excludes halogenated alkanes) is 1. The molecule has 1 atom stereocenters. The van der Waals surface area contributed by atoms with Crippen molar-refractivity contribution in [2.45, 2.75) is 43.2 Å². The van der Waals surface area contributed by atoms with Gasteiger partial charge in [-0.05, 0) is 72.0 Å². The number of nitrogens with one attached hydrogen (secondary N) is 2. The first-order valence-electron chi connectivity index (χ1n) is 11.5. The predicted molar refractivity (Wildman–Crippen MR) is 134 cm³/mol. The monoisotopic (exact) mass is 514 g/mol. The highest BCUT2D eigenvalue weighted by Gasteiger charge is 2.34. The lowest BCUT2D eigenvalue weighted by molar-refractivity contribution is -0.129. The molecule has 0 radical (unpaired) electrons. The number of pyridine rings is 1. The number of hydrogen-bond donors (Lipinski definition) is 2. The van der Waals surface area contributed by atoms with Crippen LogP contribution in [0.4, 0.5) is 0 Å². The van der Waals surface area contributed by atoms with Crippen LogP contribution in [0, 0.1) is 0 Å². The minimum Gasteiger partial charge on any atom is -0.352 e. The second-order valence-corrected chi connectivity index (χ2v) is 10.7. The molecule has 0 saturated carbocycles. The lowest BCUT2D eigenvalue weighted by Gasteiger charge is -2.17. The number of fused-ring (bicyclic) bond motifs is 1. The van der Waals surface area contributed by atoms with Crippen molar-refractivity contribution in [3.63, 3.8) is 0 Å². The van der Waals surface area contributed by atoms with Crippen LogP contribution >= 0.6 is 11.6 Å². The van der Waals surface area contributed by atoms with Crippen molar-refractivity contribution in [1.29, 1.82) is 0 Å². The van der Waals surface area contributed by atoms with Crippen molar-refractivity contribution < 1.29 is 18.0 Å². The summed E-state index contributed by atoms with van der Waals surface area (Å²) in [6.45, 7) is 1.43. The number of halogens is 1. The highest BCUT2D eigenvalue weighted by atomic mass is 35.5. The molecule has 1 fully saturated rings. The van der Waals surface area contributed by atoms with Gasteiger partial charge in [-0.25, -0.2) is 8.42 Å². The van der Waals surface area contributed by atoms with Crippen molar-refractivity contribution in [2.75, 3.05) is 13.1 Å². The molecule has 1 aromatic heterocycles. The molecular formula is C25H27ClN4O4S. The molecule has 1 unspecified atom stereocenters. The standard InChI is InChI=1S/C25H27ClN4O4S/c26-21-6-4-20-16-22(7-5-19(20)15-21)35(33,34)29-23-10-14-30(25(23)32)13-2-1-3-24(31)28-17-18-8-11-27-12-9-18/h4-9,11-12,15-16,23,29H,1-3,10,13-14,17H2,(H,28,31). The van der Waals surface area contributed by atoms with E-state index in [-0.39, 0.29) is 16.7 Å². The van der Waals surface area contributed by atoms with Gasteiger partial charge in [-0.15, -0.1) is 0 Å². The molecule has 2 heterocycles. The summed E-state index contributed by atoms with van der Waals surface area (Å²) in [6, 6.07) is 12.9. The van der Waals surface area contributed by atoms with E-state index in [0.29, 0.717) is 50.3 Å². The molecule has 2 amide bonds. The number of sulfonamides is 1. The van der Waals surface area contributed by atoms with E-state index < -0.39 is 16.1 Å². The van der Waals surface area contributed by atoms with E-state index in [4.69, 9.17) is 11.6 Å². The fourth-order valence-electron chi connectivity index (χ4n) is 4.07. The number of benzene rings is 2. The fourth-order valence-corrected chi connectivity index (χ4v) is 5.50. The normalized spacial score (nSPS) is 16.1. The summed E-state index contributed by atoms with van der Waals surface area (Å²) in [7, 11) is -3.85. The van der Waals surface area contributed by atoms with Gasteiger partial charge < -0.3 is 10.2 Å². The molecular weight excluding hydrogens is 488 g/mol. The summed E-state index contributed by atoms with van der Waals surface area (Å²) < 4.78 is 28.3. The third-order valence-electron chi connectivity index (χ3n) is 6.00. The Balaban J connectivity index is 1.23. The zero-order chi connectivity index (χ0) is 24.8. The van der Waals surface area contributed by atoms with Crippen LogP contribution in [0.2, 0.25) is 5.02 Å². The predicted octanol–water partition coefficient (Wildman–Crippen LogP) is 3.25. The van der Waals surface area contributed by atoms with Gasteiger partial charge in [0.05, 0.1) is 4.90 Å². The van der Waals surface area contributed by atoms with Crippen LogP contribution in [0.15, 0.2) is 65.8 Å². The molecule has 0 aliphatic carbocycles. The summed E-state index contributed by atoms with van der Waals surface area (Å²) in [6.07, 6.45) is 5.45. The number of aromatic nitrogens is 1. The van der Waals surface area contributed by atoms with E-state index in [1.54, 1.807) is 47.6 Å². The Hall–Kier alpha value is -3.01. The van der Waals surface area contributed by atoms with Crippen LogP contribution in [0.25, 0.3) is 10.8 Å². The number of nitrogens with zero attached hydrogens (tertiary/aromatic N) is 2. The van der Waals surface area contributed by atoms with Crippen LogP contribution < -0.4 is 10.0 Å². The zero-order valence-corrected chi connectivity index (χ0v) is 20.7. The minimum absolute atomic E-state index is 0.0437. The van der Waals surface area contributed by atoms with Gasteiger partial charge in [-0.1, -0.05) is 23.7 Å². The Morgan fingerprint density at radius 2 is 1.80 bits per heavy atom. The molecule has 1 aliphatic heterocycles. The van der Waals surface area contributed by atoms with Gasteiger partial charge in [0.15, 0.2) is 0 Å². The average Bonchev–Trinajstić information content (AvgIpc) is 3.19. The molecule has 1 saturated heterocycles. The summed E-state index contributed by atoms with van der Waals surface area (Å²) >= 11 is 6.00. The molecule has 1 aliphatic rings. The third-order valence-corrected chi connectivity index (χ3v) is 7.70. The van der Waals surface area contributed by atoms with Gasteiger partial charge in [-0.3, -0.25) is 14.6 Å². The van der Waals surface area contributed by atoms with Gasteiger partial charge in [0, 0.05) is 43.5 Å². The summed E-state index contributed by atoms with van der Waals surface area (Å²) in [4.78, 5) is 30.5. The topological polar surface area (TPSA) is 108 Å². The number of hydrogen-bond acceptors (Lipinski definition) is 5. The van der Waals surface area contributed by atoms with Crippen LogP contribution in [-0.2, 0) is 26.2 Å². The Labute approximate surface area is 209 Å². The van der Waals surface area contributed by atoms with E-state index in [0.717, 1.165) is 16.3 Å². The molecule has 184 valence electrons. The molecule has 8 nitrogen and oxygen atoms in total. The van der Waals surface area contributed by atoms with Crippen LogP contribution in [0.1, 0.15) is 31.2 Å². The van der Waals surface area contributed by atoms with Gasteiger partial charge in [-0.2, -0.15) is 4.72 Å². The van der Waals surface area contributed by atoms with Gasteiger partial charge in [0.2, 0.25) is 21.8 Å². The van der Waals surface area contributed by atoms with Crippen LogP contribution in [-0.4, -0.2) is 49.2 Å². The first-order valence-corrected chi connectivity index (χ1v) is 13.3. The first kappa shape index (κ1) is 25.1. The first-order chi connectivity index (χ1) is 16.8. The summed E-state index contributed by atoms with van der Waals surface area (Å²) in [5, 5.41) is 5.03. The number of amides is 2. The molecule has 4 rings (SSSR count). The molecule has 10 heteroatoms. The molecule has 35 heavy (non-hydrogen) atoms. The maximum absolute atomic E-state index is 12.9. The molecule has 2 aromatic carbocycles. The van der Waals surface area contributed by atoms with E-state index in [1.807, 2.05) is 12.1 Å². The number of rotatable bonds is 10. The quantitative estimate of drug-likeness (QED) is 0.404. The van der Waals surface area contributed by atoms with Crippen molar-refractivity contribution in [2.24, 2.45) is 0 Å².